The van der Waals surface area contributed by atoms with Crippen LogP contribution in [0.5, 0.6) is 0 Å². The molecule has 0 aliphatic heterocycles. The molecule has 10 heavy (non-hydrogen) atoms. The monoisotopic (exact) mass is 143 g/mol. The summed E-state index contributed by atoms with van der Waals surface area (Å²) in [5.74, 6) is 0.779. The average molecular weight is 143 g/mol. The van der Waals surface area contributed by atoms with Crippen molar-refractivity contribution in [1.82, 2.24) is 5.32 Å². The zero-order valence-corrected chi connectivity index (χ0v) is 6.80. The van der Waals surface area contributed by atoms with Gasteiger partial charge in [0.1, 0.15) is 0 Å². The third kappa shape index (κ3) is 1.70. The Morgan fingerprint density at radius 1 is 1.40 bits per heavy atom. The molecule has 0 saturated heterocycles. The summed E-state index contributed by atoms with van der Waals surface area (Å²) in [6.07, 6.45) is 3.16. The summed E-state index contributed by atoms with van der Waals surface area (Å²) in [6.45, 7) is 2.25. The minimum absolute atomic E-state index is 0.110. The van der Waals surface area contributed by atoms with Crippen LogP contribution in [0.25, 0.3) is 0 Å². The van der Waals surface area contributed by atoms with Gasteiger partial charge in [0.2, 0.25) is 0 Å². The fraction of sp³-hybridized carbons (Fsp3) is 1.00. The van der Waals surface area contributed by atoms with Crippen molar-refractivity contribution in [2.75, 3.05) is 7.05 Å². The summed E-state index contributed by atoms with van der Waals surface area (Å²) >= 11 is 0. The Balaban J connectivity index is 2.38. The molecule has 2 nitrogen and oxygen atoms in total. The highest BCUT2D eigenvalue weighted by Crippen LogP contribution is 2.23. The van der Waals surface area contributed by atoms with E-state index in [0.29, 0.717) is 6.04 Å². The first-order valence-electron chi connectivity index (χ1n) is 4.09. The summed E-state index contributed by atoms with van der Waals surface area (Å²) in [5.41, 5.74) is 0. The van der Waals surface area contributed by atoms with Crippen LogP contribution in [-0.4, -0.2) is 24.3 Å². The zero-order chi connectivity index (χ0) is 7.56. The number of aliphatic hydroxyl groups is 1. The Morgan fingerprint density at radius 3 is 2.60 bits per heavy atom. The van der Waals surface area contributed by atoms with Gasteiger partial charge in [0.25, 0.3) is 0 Å². The van der Waals surface area contributed by atoms with E-state index in [2.05, 4.69) is 12.2 Å². The van der Waals surface area contributed by atoms with Crippen LogP contribution in [0.4, 0.5) is 0 Å². The topological polar surface area (TPSA) is 32.3 Å². The van der Waals surface area contributed by atoms with Crippen LogP contribution in [0.3, 0.4) is 0 Å². The highest BCUT2D eigenvalue weighted by Gasteiger charge is 2.24. The molecule has 1 aliphatic rings. The number of rotatable bonds is 1. The highest BCUT2D eigenvalue weighted by atomic mass is 16.3. The van der Waals surface area contributed by atoms with Gasteiger partial charge >= 0.3 is 0 Å². The van der Waals surface area contributed by atoms with Crippen molar-refractivity contribution < 1.29 is 5.11 Å². The van der Waals surface area contributed by atoms with Crippen LogP contribution in [0.2, 0.25) is 0 Å². The molecule has 0 aromatic heterocycles. The molecule has 1 rings (SSSR count). The van der Waals surface area contributed by atoms with Crippen LogP contribution in [0.1, 0.15) is 26.2 Å². The van der Waals surface area contributed by atoms with Gasteiger partial charge in [0.15, 0.2) is 0 Å². The molecule has 2 heteroatoms. The molecule has 0 spiro atoms. The Labute approximate surface area is 62.6 Å². The second kappa shape index (κ2) is 3.35. The molecule has 1 unspecified atom stereocenters. The molecule has 0 amide bonds. The first-order chi connectivity index (χ1) is 4.74. The van der Waals surface area contributed by atoms with E-state index in [9.17, 15) is 5.11 Å². The Bertz CT molecular complexity index is 105. The first-order valence-corrected chi connectivity index (χ1v) is 4.09. The van der Waals surface area contributed by atoms with E-state index in [1.807, 2.05) is 7.05 Å². The summed E-state index contributed by atoms with van der Waals surface area (Å²) in [6, 6.07) is 0.337. The summed E-state index contributed by atoms with van der Waals surface area (Å²) in [7, 11) is 1.92. The van der Waals surface area contributed by atoms with E-state index < -0.39 is 0 Å². The second-order valence-corrected chi connectivity index (χ2v) is 3.38. The fourth-order valence-electron chi connectivity index (χ4n) is 1.68. The summed E-state index contributed by atoms with van der Waals surface area (Å²) < 4.78 is 0. The quantitative estimate of drug-likeness (QED) is 0.568. The molecule has 2 N–H and O–H groups in total. The largest absolute Gasteiger partial charge is 0.392 e. The second-order valence-electron chi connectivity index (χ2n) is 3.38. The maximum atomic E-state index is 9.42. The minimum Gasteiger partial charge on any atom is -0.392 e. The predicted molar refractivity (Wildman–Crippen MR) is 41.9 cm³/mol. The van der Waals surface area contributed by atoms with Crippen LogP contribution < -0.4 is 5.32 Å². The third-order valence-electron chi connectivity index (χ3n) is 2.45. The Hall–Kier alpha value is -0.0800. The minimum atomic E-state index is -0.110. The van der Waals surface area contributed by atoms with Gasteiger partial charge < -0.3 is 10.4 Å². The van der Waals surface area contributed by atoms with Gasteiger partial charge in [-0.05, 0) is 32.2 Å². The maximum Gasteiger partial charge on any atom is 0.0693 e. The molecule has 1 saturated carbocycles. The number of nitrogens with one attached hydrogen (secondary N) is 1. The number of aliphatic hydroxyl groups excluding tert-OH is 1. The van der Waals surface area contributed by atoms with Crippen molar-refractivity contribution >= 4 is 0 Å². The van der Waals surface area contributed by atoms with Gasteiger partial charge in [-0.25, -0.2) is 0 Å². The number of likely N-dealkylation sites (N-methyl/N-ethyl adjacent to an activating group) is 1. The van der Waals surface area contributed by atoms with E-state index >= 15 is 0 Å². The molecule has 60 valence electrons. The molecule has 1 aliphatic carbocycles. The van der Waals surface area contributed by atoms with E-state index in [1.54, 1.807) is 0 Å². The number of hydrogen-bond acceptors (Lipinski definition) is 2. The van der Waals surface area contributed by atoms with Crippen molar-refractivity contribution in [3.63, 3.8) is 0 Å². The molecular weight excluding hydrogens is 126 g/mol. The maximum absolute atomic E-state index is 9.42. The van der Waals surface area contributed by atoms with E-state index in [0.717, 1.165) is 18.8 Å². The van der Waals surface area contributed by atoms with Gasteiger partial charge in [0.05, 0.1) is 6.10 Å². The molecule has 0 bridgehead atoms. The lowest BCUT2D eigenvalue weighted by atomic mass is 9.85. The van der Waals surface area contributed by atoms with Crippen molar-refractivity contribution in [2.24, 2.45) is 5.92 Å². The molecule has 1 fully saturated rings. The first kappa shape index (κ1) is 8.02. The van der Waals surface area contributed by atoms with Gasteiger partial charge in [-0.3, -0.25) is 0 Å². The van der Waals surface area contributed by atoms with E-state index in [1.165, 1.54) is 6.42 Å². The van der Waals surface area contributed by atoms with Crippen LogP contribution in [0, 0.1) is 5.92 Å². The smallest absolute Gasteiger partial charge is 0.0693 e. The fourth-order valence-corrected chi connectivity index (χ4v) is 1.68. The molecule has 0 aromatic carbocycles. The third-order valence-corrected chi connectivity index (χ3v) is 2.45. The van der Waals surface area contributed by atoms with Crippen molar-refractivity contribution in [2.45, 2.75) is 38.3 Å². The zero-order valence-electron chi connectivity index (χ0n) is 6.80. The predicted octanol–water partition coefficient (Wildman–Crippen LogP) is 0.755. The lowest BCUT2D eigenvalue weighted by Crippen LogP contribution is -2.42. The van der Waals surface area contributed by atoms with Crippen LogP contribution >= 0.6 is 0 Å². The lowest BCUT2D eigenvalue weighted by molar-refractivity contribution is 0.0772. The van der Waals surface area contributed by atoms with Gasteiger partial charge in [-0.15, -0.1) is 0 Å². The lowest BCUT2D eigenvalue weighted by Gasteiger charge is -2.31. The molecular formula is C8H17NO. The highest BCUT2D eigenvalue weighted by molar-refractivity contribution is 4.81. The molecule has 0 heterocycles. The van der Waals surface area contributed by atoms with Gasteiger partial charge in [-0.1, -0.05) is 6.92 Å². The molecule has 0 radical (unpaired) electrons. The van der Waals surface area contributed by atoms with Crippen LogP contribution in [-0.2, 0) is 0 Å². The summed E-state index contributed by atoms with van der Waals surface area (Å²) in [5, 5.41) is 12.6. The van der Waals surface area contributed by atoms with Crippen LogP contribution in [0.15, 0.2) is 0 Å². The summed E-state index contributed by atoms with van der Waals surface area (Å²) in [4.78, 5) is 0. The van der Waals surface area contributed by atoms with Crippen molar-refractivity contribution in [3.05, 3.63) is 0 Å². The van der Waals surface area contributed by atoms with E-state index in [-0.39, 0.29) is 6.10 Å². The Morgan fingerprint density at radius 2 is 2.10 bits per heavy atom. The molecule has 0 aromatic rings. The normalized spacial score (nSPS) is 41.7. The standard InChI is InChI=1S/C8H17NO/c1-6-3-4-8(10)7(5-6)9-2/h6-10H,3-5H2,1-2H3/t6?,7-,8-/m1/s1. The van der Waals surface area contributed by atoms with Crippen molar-refractivity contribution in [3.8, 4) is 0 Å². The molecule has 3 atom stereocenters. The van der Waals surface area contributed by atoms with E-state index in [4.69, 9.17) is 0 Å². The Kier molecular flexibility index (Phi) is 2.69. The SMILES string of the molecule is CN[C@@H]1CC(C)CC[C@H]1O. The van der Waals surface area contributed by atoms with Crippen molar-refractivity contribution in [1.29, 1.82) is 0 Å². The van der Waals surface area contributed by atoms with Gasteiger partial charge in [0, 0.05) is 6.04 Å². The number of hydrogen-bond donors (Lipinski definition) is 2. The van der Waals surface area contributed by atoms with Gasteiger partial charge in [-0.2, -0.15) is 0 Å². The average Bonchev–Trinajstić information content (AvgIpc) is 1.94.